The highest BCUT2D eigenvalue weighted by atomic mass is 16.5. The van der Waals surface area contributed by atoms with Crippen LogP contribution in [0, 0.1) is 0 Å². The Morgan fingerprint density at radius 3 is 1.73 bits per heavy atom. The lowest BCUT2D eigenvalue weighted by Crippen LogP contribution is -2.01. The number of rotatable bonds is 9. The first-order chi connectivity index (χ1) is 18.3. The van der Waals surface area contributed by atoms with Crippen LogP contribution in [-0.4, -0.2) is 5.87 Å². The fourth-order valence-electron chi connectivity index (χ4n) is 3.90. The van der Waals surface area contributed by atoms with Crippen LogP contribution in [0.25, 0.3) is 5.57 Å². The van der Waals surface area contributed by atoms with E-state index in [-0.39, 0.29) is 0 Å². The Bertz CT molecular complexity index is 1470. The van der Waals surface area contributed by atoms with Gasteiger partial charge in [0.2, 0.25) is 0 Å². The second-order valence-electron chi connectivity index (χ2n) is 8.51. The minimum Gasteiger partial charge on any atom is -0.489 e. The smallest absolute Gasteiger partial charge is 0.128 e. The molecule has 0 heterocycles. The lowest BCUT2D eigenvalue weighted by Gasteiger charge is -2.15. The van der Waals surface area contributed by atoms with Gasteiger partial charge in [-0.2, -0.15) is 0 Å². The molecule has 0 radical (unpaired) electrons. The van der Waals surface area contributed by atoms with E-state index in [2.05, 4.69) is 47.3 Å². The lowest BCUT2D eigenvalue weighted by atomic mass is 9.98. The third-order valence-corrected chi connectivity index (χ3v) is 5.82. The standard InChI is InChI=1S/C34H27NO2/c1-5-13-27(14-6-1)25-36-31-21-22-34(37-26-28-15-7-2-8-16-28)32(23-31)33(29-17-9-3-10-18-29)24-35-30-19-11-4-12-20-30/h1-23H,25-26H2. The van der Waals surface area contributed by atoms with E-state index in [1.165, 1.54) is 0 Å². The average Bonchev–Trinajstić information content (AvgIpc) is 2.98. The summed E-state index contributed by atoms with van der Waals surface area (Å²) in [7, 11) is 0. The number of para-hydroxylation sites is 1. The SMILES string of the molecule is C(=Nc1ccccc1)=C(c1ccccc1)c1cc(OCc2ccccc2)ccc1OCc1ccccc1. The zero-order valence-electron chi connectivity index (χ0n) is 20.5. The topological polar surface area (TPSA) is 30.8 Å². The minimum absolute atomic E-state index is 0.454. The molecule has 0 aliphatic rings. The van der Waals surface area contributed by atoms with Crippen molar-refractivity contribution in [3.8, 4) is 11.5 Å². The summed E-state index contributed by atoms with van der Waals surface area (Å²) >= 11 is 0. The van der Waals surface area contributed by atoms with Gasteiger partial charge >= 0.3 is 0 Å². The Morgan fingerprint density at radius 1 is 0.568 bits per heavy atom. The number of ether oxygens (including phenoxy) is 2. The molecule has 5 aromatic rings. The molecule has 0 bridgehead atoms. The van der Waals surface area contributed by atoms with Crippen LogP contribution < -0.4 is 9.47 Å². The molecule has 0 fully saturated rings. The van der Waals surface area contributed by atoms with Crippen LogP contribution in [0.5, 0.6) is 11.5 Å². The maximum absolute atomic E-state index is 6.34. The first-order valence-electron chi connectivity index (χ1n) is 12.3. The quantitative estimate of drug-likeness (QED) is 0.198. The highest BCUT2D eigenvalue weighted by Gasteiger charge is 2.14. The highest BCUT2D eigenvalue weighted by Crippen LogP contribution is 2.34. The molecule has 0 unspecified atom stereocenters. The maximum Gasteiger partial charge on any atom is 0.128 e. The van der Waals surface area contributed by atoms with Crippen LogP contribution in [0.3, 0.4) is 0 Å². The first kappa shape index (κ1) is 23.9. The monoisotopic (exact) mass is 481 g/mol. The zero-order valence-corrected chi connectivity index (χ0v) is 20.5. The molecule has 0 amide bonds. The van der Waals surface area contributed by atoms with Gasteiger partial charge in [0.15, 0.2) is 0 Å². The molecule has 0 spiro atoms. The summed E-state index contributed by atoms with van der Waals surface area (Å²) in [5.74, 6) is 4.81. The predicted octanol–water partition coefficient (Wildman–Crippen LogP) is 8.28. The van der Waals surface area contributed by atoms with Gasteiger partial charge < -0.3 is 9.47 Å². The molecule has 5 aromatic carbocycles. The van der Waals surface area contributed by atoms with Crippen molar-refractivity contribution in [1.29, 1.82) is 0 Å². The van der Waals surface area contributed by atoms with Crippen molar-refractivity contribution in [3.05, 3.63) is 162 Å². The molecule has 3 nitrogen and oxygen atoms in total. The summed E-state index contributed by atoms with van der Waals surface area (Å²) in [4.78, 5) is 4.66. The van der Waals surface area contributed by atoms with E-state index in [9.17, 15) is 0 Å². The summed E-state index contributed by atoms with van der Waals surface area (Å²) in [6.45, 7) is 0.933. The molecular formula is C34H27NO2. The second-order valence-corrected chi connectivity index (χ2v) is 8.51. The van der Waals surface area contributed by atoms with E-state index >= 15 is 0 Å². The largest absolute Gasteiger partial charge is 0.489 e. The Balaban J connectivity index is 1.56. The molecule has 0 aliphatic carbocycles. The van der Waals surface area contributed by atoms with Gasteiger partial charge in [-0.05, 0) is 52.9 Å². The normalized spacial score (nSPS) is 10.3. The summed E-state index contributed by atoms with van der Waals surface area (Å²) < 4.78 is 12.5. The van der Waals surface area contributed by atoms with Crippen molar-refractivity contribution in [3.63, 3.8) is 0 Å². The van der Waals surface area contributed by atoms with Gasteiger partial charge in [0, 0.05) is 5.56 Å². The fraction of sp³-hybridized carbons (Fsp3) is 0.0588. The van der Waals surface area contributed by atoms with Crippen molar-refractivity contribution in [1.82, 2.24) is 0 Å². The van der Waals surface area contributed by atoms with Gasteiger partial charge in [-0.3, -0.25) is 0 Å². The van der Waals surface area contributed by atoms with Crippen LogP contribution >= 0.6 is 0 Å². The summed E-state index contributed by atoms with van der Waals surface area (Å²) in [6.07, 6.45) is 0. The van der Waals surface area contributed by atoms with Crippen molar-refractivity contribution in [2.45, 2.75) is 13.2 Å². The minimum atomic E-state index is 0.454. The van der Waals surface area contributed by atoms with E-state index in [0.717, 1.165) is 45.0 Å². The van der Waals surface area contributed by atoms with E-state index in [0.29, 0.717) is 13.2 Å². The molecule has 0 N–H and O–H groups in total. The summed E-state index contributed by atoms with van der Waals surface area (Å²) in [6, 6.07) is 46.2. The molecule has 0 saturated carbocycles. The molecule has 0 aromatic heterocycles. The first-order valence-corrected chi connectivity index (χ1v) is 12.3. The van der Waals surface area contributed by atoms with Gasteiger partial charge in [-0.15, -0.1) is 0 Å². The molecule has 5 rings (SSSR count). The van der Waals surface area contributed by atoms with Crippen molar-refractivity contribution >= 4 is 17.1 Å². The predicted molar refractivity (Wildman–Crippen MR) is 150 cm³/mol. The Labute approximate surface area is 218 Å². The van der Waals surface area contributed by atoms with Crippen molar-refractivity contribution in [2.75, 3.05) is 0 Å². The van der Waals surface area contributed by atoms with E-state index in [4.69, 9.17) is 9.47 Å². The van der Waals surface area contributed by atoms with Crippen LogP contribution in [0.1, 0.15) is 22.3 Å². The maximum atomic E-state index is 6.34. The Kier molecular flexibility index (Phi) is 7.88. The third-order valence-electron chi connectivity index (χ3n) is 5.82. The number of hydrogen-bond donors (Lipinski definition) is 0. The van der Waals surface area contributed by atoms with Crippen LogP contribution in [-0.2, 0) is 13.2 Å². The molecule has 37 heavy (non-hydrogen) atoms. The van der Waals surface area contributed by atoms with Gasteiger partial charge in [-0.1, -0.05) is 109 Å². The average molecular weight is 482 g/mol. The summed E-state index contributed by atoms with van der Waals surface area (Å²) in [5, 5.41) is 0. The molecular weight excluding hydrogens is 454 g/mol. The van der Waals surface area contributed by atoms with E-state index in [1.54, 1.807) is 0 Å². The van der Waals surface area contributed by atoms with Crippen LogP contribution in [0.2, 0.25) is 0 Å². The Hall–Kier alpha value is -4.85. The molecule has 0 atom stereocenters. The van der Waals surface area contributed by atoms with Crippen LogP contribution in [0.15, 0.2) is 145 Å². The molecule has 0 aliphatic heterocycles. The highest BCUT2D eigenvalue weighted by molar-refractivity contribution is 6.01. The van der Waals surface area contributed by atoms with Gasteiger partial charge in [0.25, 0.3) is 0 Å². The zero-order chi connectivity index (χ0) is 25.1. The van der Waals surface area contributed by atoms with Gasteiger partial charge in [-0.25, -0.2) is 4.99 Å². The number of aliphatic imine (C=N–C) groups is 1. The van der Waals surface area contributed by atoms with Crippen molar-refractivity contribution < 1.29 is 9.47 Å². The van der Waals surface area contributed by atoms with Crippen molar-refractivity contribution in [2.24, 2.45) is 4.99 Å². The molecule has 3 heteroatoms. The van der Waals surface area contributed by atoms with E-state index in [1.807, 2.05) is 103 Å². The fourth-order valence-corrected chi connectivity index (χ4v) is 3.90. The van der Waals surface area contributed by atoms with Crippen LogP contribution in [0.4, 0.5) is 5.69 Å². The lowest BCUT2D eigenvalue weighted by molar-refractivity contribution is 0.296. The molecule has 0 saturated heterocycles. The number of nitrogens with zero attached hydrogens (tertiary/aromatic N) is 1. The number of benzene rings is 5. The second kappa shape index (κ2) is 12.2. The van der Waals surface area contributed by atoms with E-state index < -0.39 is 0 Å². The number of hydrogen-bond acceptors (Lipinski definition) is 3. The molecule has 180 valence electrons. The summed E-state index contributed by atoms with van der Waals surface area (Å²) in [5.41, 5.74) is 5.73. The van der Waals surface area contributed by atoms with Gasteiger partial charge in [0.1, 0.15) is 24.7 Å². The van der Waals surface area contributed by atoms with Gasteiger partial charge in [0.05, 0.1) is 11.3 Å². The Morgan fingerprint density at radius 2 is 1.11 bits per heavy atom. The third kappa shape index (κ3) is 6.64.